The molecule has 0 radical (unpaired) electrons. The number of likely N-dealkylation sites (N-methyl/N-ethyl adjacent to an activating group) is 1. The van der Waals surface area contributed by atoms with Crippen LogP contribution in [0.1, 0.15) is 28.5 Å². The van der Waals surface area contributed by atoms with Crippen LogP contribution in [0.2, 0.25) is 0 Å². The predicted octanol–water partition coefficient (Wildman–Crippen LogP) is 4.06. The van der Waals surface area contributed by atoms with Gasteiger partial charge in [-0.15, -0.1) is 0 Å². The zero-order chi connectivity index (χ0) is 26.6. The highest BCUT2D eigenvalue weighted by molar-refractivity contribution is 7.89. The van der Waals surface area contributed by atoms with Crippen LogP contribution in [-0.4, -0.2) is 50.2 Å². The lowest BCUT2D eigenvalue weighted by atomic mass is 10.1. The molecule has 4 aromatic rings. The molecule has 3 aromatic carbocycles. The van der Waals surface area contributed by atoms with Crippen LogP contribution in [0.5, 0.6) is 11.5 Å². The van der Waals surface area contributed by atoms with Crippen molar-refractivity contribution in [2.45, 2.75) is 31.5 Å². The minimum Gasteiger partial charge on any atom is -0.492 e. The van der Waals surface area contributed by atoms with E-state index in [1.54, 1.807) is 18.2 Å². The number of H-pyrrole nitrogens is 1. The van der Waals surface area contributed by atoms with Crippen molar-refractivity contribution in [2.75, 3.05) is 26.7 Å². The molecular formula is C28H33N3O5S. The first-order chi connectivity index (χ1) is 17.6. The second-order valence-corrected chi connectivity index (χ2v) is 10.8. The smallest absolute Gasteiger partial charge is 0.241 e. The van der Waals surface area contributed by atoms with E-state index in [1.165, 1.54) is 17.0 Å². The Labute approximate surface area is 217 Å². The number of hydrogen-bond donors (Lipinski definition) is 3. The van der Waals surface area contributed by atoms with E-state index in [4.69, 9.17) is 14.6 Å². The molecule has 1 aromatic heterocycles. The van der Waals surface area contributed by atoms with Gasteiger partial charge in [0.05, 0.1) is 6.10 Å². The molecule has 0 fully saturated rings. The molecule has 196 valence electrons. The molecule has 0 amide bonds. The second-order valence-electron chi connectivity index (χ2n) is 9.23. The largest absolute Gasteiger partial charge is 0.492 e. The number of nitrogens with zero attached hydrogens (tertiary/aromatic N) is 1. The van der Waals surface area contributed by atoms with E-state index in [0.717, 1.165) is 28.1 Å². The molecule has 0 saturated carbocycles. The van der Waals surface area contributed by atoms with Gasteiger partial charge in [0.15, 0.2) is 0 Å². The van der Waals surface area contributed by atoms with E-state index in [-0.39, 0.29) is 17.3 Å². The summed E-state index contributed by atoms with van der Waals surface area (Å²) >= 11 is 0. The van der Waals surface area contributed by atoms with E-state index in [2.05, 4.69) is 24.9 Å². The molecule has 0 aliphatic heterocycles. The first-order valence-corrected chi connectivity index (χ1v) is 13.6. The molecule has 9 heteroatoms. The maximum absolute atomic E-state index is 11.8. The average Bonchev–Trinajstić information content (AvgIpc) is 3.15. The Hall–Kier alpha value is -3.37. The van der Waals surface area contributed by atoms with E-state index < -0.39 is 16.1 Å². The molecular weight excluding hydrogens is 490 g/mol. The topological polar surface area (TPSA) is 118 Å². The number of nitrogens with two attached hydrogens (primary N) is 1. The number of benzene rings is 3. The maximum atomic E-state index is 11.8. The lowest BCUT2D eigenvalue weighted by molar-refractivity contribution is 0.117. The second kappa shape index (κ2) is 11.4. The van der Waals surface area contributed by atoms with Gasteiger partial charge in [-0.25, -0.2) is 13.6 Å². The van der Waals surface area contributed by atoms with Gasteiger partial charge in [0, 0.05) is 35.8 Å². The van der Waals surface area contributed by atoms with E-state index in [9.17, 15) is 13.5 Å². The molecule has 0 saturated heterocycles. The Morgan fingerprint density at radius 2 is 1.81 bits per heavy atom. The first kappa shape index (κ1) is 26.7. The number of aliphatic hydroxyl groups excluding tert-OH is 1. The first-order valence-electron chi connectivity index (χ1n) is 12.0. The Morgan fingerprint density at radius 3 is 2.59 bits per heavy atom. The van der Waals surface area contributed by atoms with Gasteiger partial charge in [0.1, 0.15) is 29.6 Å². The van der Waals surface area contributed by atoms with Crippen LogP contribution in [0.15, 0.2) is 71.6 Å². The van der Waals surface area contributed by atoms with Crippen molar-refractivity contribution < 1.29 is 23.0 Å². The molecule has 4 N–H and O–H groups in total. The Kier molecular flexibility index (Phi) is 8.19. The monoisotopic (exact) mass is 523 g/mol. The summed E-state index contributed by atoms with van der Waals surface area (Å²) in [6.07, 6.45) is -0.706. The fraction of sp³-hybridized carbons (Fsp3) is 0.286. The number of hydrogen-bond acceptors (Lipinski definition) is 6. The molecule has 4 rings (SSSR count). The van der Waals surface area contributed by atoms with E-state index in [1.807, 2.05) is 48.3 Å². The lowest BCUT2D eigenvalue weighted by Gasteiger charge is -2.21. The highest BCUT2D eigenvalue weighted by Crippen LogP contribution is 2.26. The van der Waals surface area contributed by atoms with Gasteiger partial charge in [-0.2, -0.15) is 0 Å². The minimum absolute atomic E-state index is 0.0620. The van der Waals surface area contributed by atoms with Gasteiger partial charge in [-0.05, 0) is 67.9 Å². The number of aromatic nitrogens is 1. The van der Waals surface area contributed by atoms with Crippen LogP contribution < -0.4 is 14.6 Å². The average molecular weight is 524 g/mol. The number of nitrogens with one attached hydrogen (secondary N) is 1. The maximum Gasteiger partial charge on any atom is 0.241 e. The fourth-order valence-corrected chi connectivity index (χ4v) is 4.88. The number of ether oxygens (including phenoxy) is 2. The normalized spacial score (nSPS) is 12.7. The molecule has 1 atom stereocenters. The molecule has 0 spiro atoms. The summed E-state index contributed by atoms with van der Waals surface area (Å²) in [6.45, 7) is 5.87. The van der Waals surface area contributed by atoms with Crippen molar-refractivity contribution in [3.8, 4) is 11.5 Å². The van der Waals surface area contributed by atoms with Gasteiger partial charge >= 0.3 is 0 Å². The molecule has 8 nitrogen and oxygen atoms in total. The van der Waals surface area contributed by atoms with Crippen LogP contribution in [0.4, 0.5) is 0 Å². The quantitative estimate of drug-likeness (QED) is 0.273. The molecule has 1 heterocycles. The SMILES string of the molecule is Cc1[nH]c2cc(OCCN(C)CC(O)c3cccc(COc4ccccc4S(N)(=O)=O)c3)ccc2c1C. The van der Waals surface area contributed by atoms with Gasteiger partial charge in [0.2, 0.25) is 10.0 Å². The van der Waals surface area contributed by atoms with E-state index >= 15 is 0 Å². The number of fused-ring (bicyclic) bond motifs is 1. The summed E-state index contributed by atoms with van der Waals surface area (Å²) in [6, 6.07) is 19.7. The third kappa shape index (κ3) is 6.69. The standard InChI is InChI=1S/C28H33N3O5S/c1-19-20(2)30-25-16-23(11-12-24(19)25)35-14-13-31(3)17-26(32)22-8-6-7-21(15-22)18-36-27-9-4-5-10-28(27)37(29,33)34/h4-12,15-16,26,30,32H,13-14,17-18H2,1-3H3,(H2,29,33,34). The molecule has 0 aliphatic rings. The summed E-state index contributed by atoms with van der Waals surface area (Å²) in [4.78, 5) is 5.33. The van der Waals surface area contributed by atoms with Crippen molar-refractivity contribution in [1.82, 2.24) is 9.88 Å². The summed E-state index contributed by atoms with van der Waals surface area (Å²) in [7, 11) is -1.96. The zero-order valence-electron chi connectivity index (χ0n) is 21.3. The van der Waals surface area contributed by atoms with Crippen molar-refractivity contribution in [1.29, 1.82) is 0 Å². The number of aryl methyl sites for hydroxylation is 2. The number of primary sulfonamides is 1. The van der Waals surface area contributed by atoms with Crippen molar-refractivity contribution in [2.24, 2.45) is 5.14 Å². The summed E-state index contributed by atoms with van der Waals surface area (Å²) in [5.74, 6) is 0.996. The molecule has 0 aliphatic carbocycles. The van der Waals surface area contributed by atoms with E-state index in [0.29, 0.717) is 19.7 Å². The molecule has 1 unspecified atom stereocenters. The number of para-hydroxylation sites is 1. The van der Waals surface area contributed by atoms with Crippen LogP contribution in [0.3, 0.4) is 0 Å². The van der Waals surface area contributed by atoms with Crippen LogP contribution in [0, 0.1) is 13.8 Å². The predicted molar refractivity (Wildman–Crippen MR) is 144 cm³/mol. The van der Waals surface area contributed by atoms with Gasteiger partial charge in [-0.3, -0.25) is 0 Å². The highest BCUT2D eigenvalue weighted by atomic mass is 32.2. The Bertz CT molecular complexity index is 1480. The van der Waals surface area contributed by atoms with Gasteiger partial charge < -0.3 is 24.5 Å². The Balaban J connectivity index is 1.29. The summed E-state index contributed by atoms with van der Waals surface area (Å²) < 4.78 is 35.2. The lowest BCUT2D eigenvalue weighted by Crippen LogP contribution is -2.29. The highest BCUT2D eigenvalue weighted by Gasteiger charge is 2.15. The molecule has 0 bridgehead atoms. The minimum atomic E-state index is -3.89. The van der Waals surface area contributed by atoms with Crippen molar-refractivity contribution >= 4 is 20.9 Å². The summed E-state index contributed by atoms with van der Waals surface area (Å²) in [5, 5.41) is 17.3. The summed E-state index contributed by atoms with van der Waals surface area (Å²) in [5.41, 5.74) is 5.02. The van der Waals surface area contributed by atoms with Crippen molar-refractivity contribution in [3.63, 3.8) is 0 Å². The van der Waals surface area contributed by atoms with Crippen LogP contribution in [0.25, 0.3) is 10.9 Å². The molecule has 37 heavy (non-hydrogen) atoms. The third-order valence-electron chi connectivity index (χ3n) is 6.39. The third-order valence-corrected chi connectivity index (χ3v) is 7.34. The van der Waals surface area contributed by atoms with Gasteiger partial charge in [0.25, 0.3) is 0 Å². The number of sulfonamides is 1. The number of rotatable bonds is 11. The van der Waals surface area contributed by atoms with Crippen LogP contribution in [-0.2, 0) is 16.6 Å². The Morgan fingerprint density at radius 1 is 1.03 bits per heavy atom. The van der Waals surface area contributed by atoms with Gasteiger partial charge in [-0.1, -0.05) is 30.3 Å². The van der Waals surface area contributed by atoms with Crippen molar-refractivity contribution in [3.05, 3.63) is 89.1 Å². The number of aromatic amines is 1. The number of aliphatic hydroxyl groups is 1. The fourth-order valence-electron chi connectivity index (χ4n) is 4.21. The van der Waals surface area contributed by atoms with Crippen LogP contribution >= 0.6 is 0 Å². The zero-order valence-corrected chi connectivity index (χ0v) is 22.1.